The van der Waals surface area contributed by atoms with Crippen LogP contribution < -0.4 is 20.7 Å². The van der Waals surface area contributed by atoms with Gasteiger partial charge in [0.1, 0.15) is 17.6 Å². The van der Waals surface area contributed by atoms with Crippen LogP contribution in [-0.4, -0.2) is 29.3 Å². The molecule has 10 heteroatoms. The zero-order valence-corrected chi connectivity index (χ0v) is 16.2. The number of carbonyl (C=O) groups excluding carboxylic acids is 2. The molecule has 3 aromatic rings. The first-order valence-electron chi connectivity index (χ1n) is 9.29. The molecule has 0 spiro atoms. The van der Waals surface area contributed by atoms with Crippen LogP contribution in [0.3, 0.4) is 0 Å². The average Bonchev–Trinajstić information content (AvgIpc) is 3.00. The first-order chi connectivity index (χ1) is 14.6. The summed E-state index contributed by atoms with van der Waals surface area (Å²) in [6.07, 6.45) is -4.84. The Morgan fingerprint density at radius 3 is 2.48 bits per heavy atom. The summed E-state index contributed by atoms with van der Waals surface area (Å²) in [6, 6.07) is 11.9. The summed E-state index contributed by atoms with van der Waals surface area (Å²) in [7, 11) is 0. The summed E-state index contributed by atoms with van der Waals surface area (Å²) in [5.41, 5.74) is 7.46. The summed E-state index contributed by atoms with van der Waals surface area (Å²) in [5, 5.41) is 3.46. The van der Waals surface area contributed by atoms with E-state index in [2.05, 4.69) is 15.0 Å². The van der Waals surface area contributed by atoms with Gasteiger partial charge in [0.15, 0.2) is 0 Å². The number of rotatable bonds is 4. The van der Waals surface area contributed by atoms with Crippen molar-refractivity contribution >= 4 is 34.3 Å². The lowest BCUT2D eigenvalue weighted by molar-refractivity contribution is -0.274. The van der Waals surface area contributed by atoms with E-state index in [1.54, 1.807) is 19.1 Å². The predicted octanol–water partition coefficient (Wildman–Crippen LogP) is 3.94. The summed E-state index contributed by atoms with van der Waals surface area (Å²) < 4.78 is 40.9. The Morgan fingerprint density at radius 1 is 1.13 bits per heavy atom. The Bertz CT molecular complexity index is 1160. The lowest BCUT2D eigenvalue weighted by Crippen LogP contribution is -2.35. The first-order valence-corrected chi connectivity index (χ1v) is 9.29. The number of hydrogen-bond acceptors (Lipinski definition) is 5. The van der Waals surface area contributed by atoms with Crippen LogP contribution in [0.4, 0.5) is 29.5 Å². The van der Waals surface area contributed by atoms with E-state index in [0.29, 0.717) is 5.52 Å². The van der Waals surface area contributed by atoms with E-state index in [0.717, 1.165) is 28.0 Å². The number of nitrogens with two attached hydrogens (primary N) is 1. The van der Waals surface area contributed by atoms with Crippen molar-refractivity contribution in [3.05, 3.63) is 60.2 Å². The van der Waals surface area contributed by atoms with Gasteiger partial charge in [0.05, 0.1) is 11.2 Å². The molecule has 3 amide bonds. The van der Waals surface area contributed by atoms with E-state index >= 15 is 0 Å². The minimum atomic E-state index is -4.84. The number of alkyl halides is 3. The van der Waals surface area contributed by atoms with Crippen LogP contribution >= 0.6 is 0 Å². The molecule has 3 N–H and O–H groups in total. The fourth-order valence-corrected chi connectivity index (χ4v) is 3.66. The van der Waals surface area contributed by atoms with Crippen molar-refractivity contribution in [1.82, 2.24) is 10.3 Å². The summed E-state index contributed by atoms with van der Waals surface area (Å²) in [4.78, 5) is 30.7. The molecule has 1 saturated heterocycles. The minimum Gasteiger partial charge on any atom is -0.406 e. The quantitative estimate of drug-likeness (QED) is 0.611. The summed E-state index contributed by atoms with van der Waals surface area (Å²) >= 11 is 0. The molecule has 160 valence electrons. The van der Waals surface area contributed by atoms with Gasteiger partial charge in [0.25, 0.3) is 5.91 Å². The van der Waals surface area contributed by atoms with E-state index in [-0.39, 0.29) is 11.5 Å². The number of halogens is 3. The number of imide groups is 1. The highest BCUT2D eigenvalue weighted by atomic mass is 19.4. The SMILES string of the molecule is CC(c1cc(N)nc2ccccc12)C1NC(=O)N(c2ccc(OC(F)(F)F)cc2)C1=O. The fourth-order valence-electron chi connectivity index (χ4n) is 3.66. The number of anilines is 2. The molecule has 31 heavy (non-hydrogen) atoms. The number of nitrogens with zero attached hydrogens (tertiary/aromatic N) is 2. The normalized spacial score (nSPS) is 17.7. The molecule has 0 aliphatic carbocycles. The fraction of sp³-hybridized carbons (Fsp3) is 0.190. The second-order valence-corrected chi connectivity index (χ2v) is 7.08. The summed E-state index contributed by atoms with van der Waals surface area (Å²) in [5.74, 6) is -1.13. The molecule has 0 radical (unpaired) electrons. The zero-order chi connectivity index (χ0) is 22.3. The van der Waals surface area contributed by atoms with Gasteiger partial charge in [-0.25, -0.2) is 14.7 Å². The largest absolute Gasteiger partial charge is 0.573 e. The number of nitrogens with one attached hydrogen (secondary N) is 1. The van der Waals surface area contributed by atoms with Crippen molar-refractivity contribution in [1.29, 1.82) is 0 Å². The summed E-state index contributed by atoms with van der Waals surface area (Å²) in [6.45, 7) is 1.79. The molecule has 1 aromatic heterocycles. The van der Waals surface area contributed by atoms with E-state index in [9.17, 15) is 22.8 Å². The maximum atomic E-state index is 13.1. The number of nitrogen functional groups attached to an aromatic ring is 1. The molecule has 1 aliphatic rings. The minimum absolute atomic E-state index is 0.130. The van der Waals surface area contributed by atoms with Crippen molar-refractivity contribution in [2.75, 3.05) is 10.6 Å². The van der Waals surface area contributed by atoms with E-state index in [1.165, 1.54) is 12.1 Å². The Hall–Kier alpha value is -3.82. The Labute approximate surface area is 174 Å². The van der Waals surface area contributed by atoms with Gasteiger partial charge in [-0.15, -0.1) is 13.2 Å². The molecular formula is C21H17F3N4O3. The van der Waals surface area contributed by atoms with Crippen LogP contribution in [-0.2, 0) is 4.79 Å². The van der Waals surface area contributed by atoms with Crippen molar-refractivity contribution < 1.29 is 27.5 Å². The average molecular weight is 430 g/mol. The maximum absolute atomic E-state index is 13.1. The van der Waals surface area contributed by atoms with Gasteiger partial charge in [-0.05, 0) is 42.0 Å². The van der Waals surface area contributed by atoms with Crippen molar-refractivity contribution in [2.24, 2.45) is 0 Å². The Morgan fingerprint density at radius 2 is 1.81 bits per heavy atom. The van der Waals surface area contributed by atoms with E-state index < -0.39 is 36.0 Å². The van der Waals surface area contributed by atoms with Crippen LogP contribution in [0.5, 0.6) is 5.75 Å². The van der Waals surface area contributed by atoms with Crippen molar-refractivity contribution in [3.63, 3.8) is 0 Å². The number of carbonyl (C=O) groups is 2. The molecular weight excluding hydrogens is 413 g/mol. The maximum Gasteiger partial charge on any atom is 0.573 e. The Balaban J connectivity index is 1.62. The third kappa shape index (κ3) is 3.96. The van der Waals surface area contributed by atoms with E-state index in [4.69, 9.17) is 5.73 Å². The number of para-hydroxylation sites is 1. The van der Waals surface area contributed by atoms with Gasteiger partial charge in [-0.1, -0.05) is 25.1 Å². The molecule has 7 nitrogen and oxygen atoms in total. The molecule has 4 rings (SSSR count). The van der Waals surface area contributed by atoms with Crippen LogP contribution in [0.1, 0.15) is 18.4 Å². The molecule has 2 unspecified atom stereocenters. The van der Waals surface area contributed by atoms with Crippen LogP contribution in [0.25, 0.3) is 10.9 Å². The number of aromatic nitrogens is 1. The van der Waals surface area contributed by atoms with Gasteiger partial charge in [0.2, 0.25) is 0 Å². The third-order valence-electron chi connectivity index (χ3n) is 5.06. The number of urea groups is 1. The van der Waals surface area contributed by atoms with Gasteiger partial charge in [-0.3, -0.25) is 4.79 Å². The second kappa shape index (κ2) is 7.46. The van der Waals surface area contributed by atoms with Crippen molar-refractivity contribution in [3.8, 4) is 5.75 Å². The molecule has 1 fully saturated rings. The first kappa shape index (κ1) is 20.5. The predicted molar refractivity (Wildman–Crippen MR) is 108 cm³/mol. The van der Waals surface area contributed by atoms with Crippen LogP contribution in [0, 0.1) is 0 Å². The molecule has 2 heterocycles. The number of amides is 3. The molecule has 2 aromatic carbocycles. The monoisotopic (exact) mass is 430 g/mol. The second-order valence-electron chi connectivity index (χ2n) is 7.08. The molecule has 2 atom stereocenters. The van der Waals surface area contributed by atoms with Gasteiger partial charge in [-0.2, -0.15) is 0 Å². The number of pyridine rings is 1. The Kier molecular flexibility index (Phi) is 4.92. The third-order valence-corrected chi connectivity index (χ3v) is 5.06. The van der Waals surface area contributed by atoms with Crippen molar-refractivity contribution in [2.45, 2.75) is 25.2 Å². The molecule has 0 saturated carbocycles. The van der Waals surface area contributed by atoms with Crippen LogP contribution in [0.2, 0.25) is 0 Å². The highest BCUT2D eigenvalue weighted by Crippen LogP contribution is 2.33. The standard InChI is InChI=1S/C21H17F3N4O3/c1-11(15-10-17(25)26-16-5-3-2-4-14(15)16)18-19(29)28(20(30)27-18)12-6-8-13(9-7-12)31-21(22,23)24/h2-11,18H,1H3,(H2,25,26)(H,27,30). The highest BCUT2D eigenvalue weighted by Gasteiger charge is 2.42. The number of ether oxygens (including phenoxy) is 1. The van der Waals surface area contributed by atoms with Gasteiger partial charge < -0.3 is 15.8 Å². The van der Waals surface area contributed by atoms with Gasteiger partial charge >= 0.3 is 12.4 Å². The van der Waals surface area contributed by atoms with Crippen LogP contribution in [0.15, 0.2) is 54.6 Å². The lowest BCUT2D eigenvalue weighted by Gasteiger charge is -2.20. The lowest BCUT2D eigenvalue weighted by atomic mass is 9.90. The topological polar surface area (TPSA) is 97.5 Å². The van der Waals surface area contributed by atoms with E-state index in [1.807, 2.05) is 18.2 Å². The smallest absolute Gasteiger partial charge is 0.406 e. The zero-order valence-electron chi connectivity index (χ0n) is 16.2. The van der Waals surface area contributed by atoms with Gasteiger partial charge in [0, 0.05) is 11.3 Å². The number of fused-ring (bicyclic) bond motifs is 1. The number of benzene rings is 2. The highest BCUT2D eigenvalue weighted by molar-refractivity contribution is 6.21. The number of hydrogen-bond donors (Lipinski definition) is 2. The molecule has 0 bridgehead atoms. The molecule has 1 aliphatic heterocycles.